The average Bonchev–Trinajstić information content (AvgIpc) is 3.24. The number of aryl methyl sites for hydroxylation is 1. The van der Waals surface area contributed by atoms with E-state index in [1.165, 1.54) is 36.4 Å². The quantitative estimate of drug-likeness (QED) is 0.240. The summed E-state index contributed by atoms with van der Waals surface area (Å²) in [6, 6.07) is 15.2. The third-order valence-corrected chi connectivity index (χ3v) is 5.65. The van der Waals surface area contributed by atoms with Crippen LogP contribution in [-0.4, -0.2) is 42.4 Å². The molecular weight excluding hydrogens is 464 g/mol. The molecule has 4 rings (SSSR count). The normalized spacial score (nSPS) is 11.4. The molecule has 10 nitrogen and oxygen atoms in total. The number of carboxylic acids is 1. The molecule has 0 radical (unpaired) electrons. The number of hydrogen-bond donors (Lipinski definition) is 3. The van der Waals surface area contributed by atoms with Crippen molar-refractivity contribution in [2.24, 2.45) is 0 Å². The van der Waals surface area contributed by atoms with Crippen LogP contribution in [0.2, 0.25) is 0 Å². The molecule has 36 heavy (non-hydrogen) atoms. The van der Waals surface area contributed by atoms with Crippen LogP contribution < -0.4 is 5.32 Å². The molecule has 4 aromatic rings. The van der Waals surface area contributed by atoms with Crippen LogP contribution >= 0.6 is 0 Å². The van der Waals surface area contributed by atoms with Gasteiger partial charge in [-0.3, -0.25) is 19.6 Å². The highest BCUT2D eigenvalue weighted by Gasteiger charge is 2.17. The van der Waals surface area contributed by atoms with Crippen LogP contribution in [-0.2, 0) is 6.54 Å². The number of nitro groups is 1. The van der Waals surface area contributed by atoms with Gasteiger partial charge in [-0.05, 0) is 56.2 Å². The van der Waals surface area contributed by atoms with Crippen LogP contribution in [0.1, 0.15) is 41.0 Å². The molecule has 0 aliphatic carbocycles. The SMILES string of the molecule is CC(C)(O)CCn1cc2cc(NC(=O)c3cccc([N+](=O)[O-])c3)c(-c3ccc(C(=O)O)cc3)cc2n1. The average molecular weight is 489 g/mol. The molecule has 1 aromatic heterocycles. The maximum absolute atomic E-state index is 13.0. The number of carbonyl (C=O) groups excluding carboxylic acids is 1. The van der Waals surface area contributed by atoms with Gasteiger partial charge in [0.05, 0.1) is 21.6 Å². The van der Waals surface area contributed by atoms with Crippen molar-refractivity contribution in [1.29, 1.82) is 0 Å². The standard InChI is InChI=1S/C26H24N4O6/c1-26(2,34)10-11-29-15-19-13-23(27-24(31)18-4-3-5-20(12-18)30(35)36)21(14-22(19)28-29)16-6-8-17(9-7-16)25(32)33/h3-9,12-15,34H,10-11H2,1-2H3,(H,27,31)(H,32,33). The molecule has 0 saturated carbocycles. The Kier molecular flexibility index (Phi) is 6.54. The Morgan fingerprint density at radius 3 is 2.44 bits per heavy atom. The summed E-state index contributed by atoms with van der Waals surface area (Å²) in [6.45, 7) is 3.92. The summed E-state index contributed by atoms with van der Waals surface area (Å²) in [4.78, 5) is 34.8. The maximum Gasteiger partial charge on any atom is 0.335 e. The highest BCUT2D eigenvalue weighted by molar-refractivity contribution is 6.08. The predicted octanol–water partition coefficient (Wildman–Crippen LogP) is 4.72. The molecule has 0 spiro atoms. The first kappa shape index (κ1) is 24.6. The molecule has 0 aliphatic heterocycles. The van der Waals surface area contributed by atoms with Gasteiger partial charge >= 0.3 is 5.97 Å². The van der Waals surface area contributed by atoms with Crippen molar-refractivity contribution in [2.45, 2.75) is 32.4 Å². The number of nitrogens with one attached hydrogen (secondary N) is 1. The van der Waals surface area contributed by atoms with Gasteiger partial charge in [-0.1, -0.05) is 18.2 Å². The van der Waals surface area contributed by atoms with Gasteiger partial charge in [-0.25, -0.2) is 4.79 Å². The first-order valence-corrected chi connectivity index (χ1v) is 11.1. The van der Waals surface area contributed by atoms with Crippen LogP contribution in [0.15, 0.2) is 66.9 Å². The summed E-state index contributed by atoms with van der Waals surface area (Å²) in [7, 11) is 0. The van der Waals surface area contributed by atoms with Gasteiger partial charge in [0.25, 0.3) is 11.6 Å². The Bertz CT molecular complexity index is 1470. The number of aromatic nitrogens is 2. The topological polar surface area (TPSA) is 148 Å². The van der Waals surface area contributed by atoms with Gasteiger partial charge in [0.2, 0.25) is 0 Å². The maximum atomic E-state index is 13.0. The molecule has 10 heteroatoms. The number of benzene rings is 3. The molecule has 184 valence electrons. The highest BCUT2D eigenvalue weighted by atomic mass is 16.6. The molecule has 1 amide bonds. The zero-order chi connectivity index (χ0) is 26.0. The smallest absolute Gasteiger partial charge is 0.335 e. The fourth-order valence-corrected chi connectivity index (χ4v) is 3.72. The van der Waals surface area contributed by atoms with Crippen LogP contribution in [0.3, 0.4) is 0 Å². The molecule has 0 atom stereocenters. The number of anilines is 1. The molecule has 3 N–H and O–H groups in total. The van der Waals surface area contributed by atoms with Crippen molar-refractivity contribution in [3.05, 3.63) is 88.1 Å². The van der Waals surface area contributed by atoms with E-state index in [2.05, 4.69) is 10.4 Å². The second-order valence-corrected chi connectivity index (χ2v) is 9.06. The Morgan fingerprint density at radius 1 is 1.08 bits per heavy atom. The van der Waals surface area contributed by atoms with E-state index in [1.807, 2.05) is 0 Å². The number of nitrogens with zero attached hydrogens (tertiary/aromatic N) is 3. The minimum atomic E-state index is -1.05. The van der Waals surface area contributed by atoms with E-state index < -0.39 is 22.4 Å². The van der Waals surface area contributed by atoms with Crippen LogP contribution in [0.4, 0.5) is 11.4 Å². The number of aromatic carboxylic acids is 1. The Balaban J connectivity index is 1.75. The van der Waals surface area contributed by atoms with Crippen molar-refractivity contribution < 1.29 is 24.7 Å². The fraction of sp³-hybridized carbons (Fsp3) is 0.192. The highest BCUT2D eigenvalue weighted by Crippen LogP contribution is 2.33. The summed E-state index contributed by atoms with van der Waals surface area (Å²) in [5.74, 6) is -1.59. The molecule has 0 fully saturated rings. The lowest BCUT2D eigenvalue weighted by molar-refractivity contribution is -0.384. The molecule has 0 saturated heterocycles. The molecule has 0 bridgehead atoms. The van der Waals surface area contributed by atoms with Crippen LogP contribution in [0.5, 0.6) is 0 Å². The van der Waals surface area contributed by atoms with Crippen molar-refractivity contribution in [1.82, 2.24) is 9.78 Å². The second-order valence-electron chi connectivity index (χ2n) is 9.06. The van der Waals surface area contributed by atoms with Gasteiger partial charge in [0.15, 0.2) is 0 Å². The summed E-state index contributed by atoms with van der Waals surface area (Å²) in [5.41, 5.74) is 1.53. The number of amides is 1. The van der Waals surface area contributed by atoms with E-state index in [9.17, 15) is 29.9 Å². The largest absolute Gasteiger partial charge is 0.478 e. The van der Waals surface area contributed by atoms with Gasteiger partial charge < -0.3 is 15.5 Å². The number of hydrogen-bond acceptors (Lipinski definition) is 6. The third kappa shape index (κ3) is 5.56. The van der Waals surface area contributed by atoms with E-state index in [1.54, 1.807) is 49.0 Å². The molecule has 1 heterocycles. The van der Waals surface area contributed by atoms with Gasteiger partial charge in [0.1, 0.15) is 0 Å². The summed E-state index contributed by atoms with van der Waals surface area (Å²) in [5, 5.41) is 38.5. The summed E-state index contributed by atoms with van der Waals surface area (Å²) < 4.78 is 1.71. The fourth-order valence-electron chi connectivity index (χ4n) is 3.72. The number of rotatable bonds is 8. The number of non-ortho nitro benzene ring substituents is 1. The van der Waals surface area contributed by atoms with Gasteiger partial charge in [0, 0.05) is 47.1 Å². The molecular formula is C26H24N4O6. The Hall–Kier alpha value is -4.57. The Labute approximate surface area is 206 Å². The number of aliphatic hydroxyl groups is 1. The van der Waals surface area contributed by atoms with E-state index in [4.69, 9.17) is 0 Å². The van der Waals surface area contributed by atoms with Crippen LogP contribution in [0.25, 0.3) is 22.0 Å². The van der Waals surface area contributed by atoms with E-state index in [0.29, 0.717) is 35.3 Å². The zero-order valence-corrected chi connectivity index (χ0v) is 19.6. The zero-order valence-electron chi connectivity index (χ0n) is 19.6. The predicted molar refractivity (Wildman–Crippen MR) is 134 cm³/mol. The van der Waals surface area contributed by atoms with Crippen molar-refractivity contribution in [3.8, 4) is 11.1 Å². The number of nitro benzene ring substituents is 1. The van der Waals surface area contributed by atoms with Gasteiger partial charge in [-0.2, -0.15) is 5.10 Å². The Morgan fingerprint density at radius 2 is 1.81 bits per heavy atom. The lowest BCUT2D eigenvalue weighted by Gasteiger charge is -2.16. The van der Waals surface area contributed by atoms with Crippen LogP contribution in [0, 0.1) is 10.1 Å². The monoisotopic (exact) mass is 488 g/mol. The molecule has 0 unspecified atom stereocenters. The van der Waals surface area contributed by atoms with Crippen molar-refractivity contribution in [2.75, 3.05) is 5.32 Å². The summed E-state index contributed by atoms with van der Waals surface area (Å²) >= 11 is 0. The van der Waals surface area contributed by atoms with Gasteiger partial charge in [-0.15, -0.1) is 0 Å². The molecule has 0 aliphatic rings. The summed E-state index contributed by atoms with van der Waals surface area (Å²) in [6.07, 6.45) is 2.29. The van der Waals surface area contributed by atoms with E-state index >= 15 is 0 Å². The lowest BCUT2D eigenvalue weighted by atomic mass is 10.00. The minimum Gasteiger partial charge on any atom is -0.478 e. The van der Waals surface area contributed by atoms with E-state index in [0.717, 1.165) is 5.39 Å². The number of carbonyl (C=O) groups is 2. The first-order valence-electron chi connectivity index (χ1n) is 11.1. The lowest BCUT2D eigenvalue weighted by Crippen LogP contribution is -2.21. The second kappa shape index (κ2) is 9.59. The number of fused-ring (bicyclic) bond motifs is 1. The third-order valence-electron chi connectivity index (χ3n) is 5.65. The van der Waals surface area contributed by atoms with E-state index in [-0.39, 0.29) is 16.8 Å². The number of carboxylic acid groups (broad SMARTS) is 1. The minimum absolute atomic E-state index is 0.123. The first-order chi connectivity index (χ1) is 17.0. The molecule has 3 aromatic carbocycles. The van der Waals surface area contributed by atoms with Crippen molar-refractivity contribution >= 4 is 34.2 Å². The van der Waals surface area contributed by atoms with Crippen molar-refractivity contribution in [3.63, 3.8) is 0 Å².